The first-order valence-corrected chi connectivity index (χ1v) is 8.79. The summed E-state index contributed by atoms with van der Waals surface area (Å²) in [5.74, 6) is 0.943. The van der Waals surface area contributed by atoms with Gasteiger partial charge in [0.25, 0.3) is 0 Å². The molecule has 1 saturated carbocycles. The van der Waals surface area contributed by atoms with Crippen LogP contribution < -0.4 is 5.32 Å². The van der Waals surface area contributed by atoms with Gasteiger partial charge in [0.1, 0.15) is 5.76 Å². The number of benzene rings is 1. The van der Waals surface area contributed by atoms with Gasteiger partial charge in [0, 0.05) is 18.9 Å². The second-order valence-electron chi connectivity index (χ2n) is 6.56. The number of hydrogen-bond donors (Lipinski definition) is 1. The third kappa shape index (κ3) is 4.95. The number of rotatable bonds is 8. The first-order valence-electron chi connectivity index (χ1n) is 8.79. The third-order valence-corrected chi connectivity index (χ3v) is 4.45. The van der Waals surface area contributed by atoms with Gasteiger partial charge in [-0.1, -0.05) is 30.3 Å². The molecule has 5 nitrogen and oxygen atoms in total. The van der Waals surface area contributed by atoms with Crippen molar-refractivity contribution < 1.29 is 14.0 Å². The number of nitrogens with one attached hydrogen (secondary N) is 1. The molecule has 132 valence electrons. The smallest absolute Gasteiger partial charge is 0.226 e. The maximum Gasteiger partial charge on any atom is 0.226 e. The Kier molecular flexibility index (Phi) is 5.53. The molecule has 0 spiro atoms. The van der Waals surface area contributed by atoms with Crippen molar-refractivity contribution in [2.45, 2.75) is 38.8 Å². The van der Waals surface area contributed by atoms with Gasteiger partial charge < -0.3 is 14.6 Å². The van der Waals surface area contributed by atoms with E-state index >= 15 is 0 Å². The van der Waals surface area contributed by atoms with Crippen LogP contribution in [0.4, 0.5) is 0 Å². The molecule has 1 heterocycles. The van der Waals surface area contributed by atoms with Crippen molar-refractivity contribution in [3.8, 4) is 0 Å². The zero-order valence-electron chi connectivity index (χ0n) is 14.5. The van der Waals surface area contributed by atoms with Crippen molar-refractivity contribution >= 4 is 11.8 Å². The predicted molar refractivity (Wildman–Crippen MR) is 94.5 cm³/mol. The van der Waals surface area contributed by atoms with Crippen LogP contribution in [0.5, 0.6) is 0 Å². The van der Waals surface area contributed by atoms with E-state index < -0.39 is 0 Å². The number of nitrogens with zero attached hydrogens (tertiary/aromatic N) is 1. The van der Waals surface area contributed by atoms with Crippen molar-refractivity contribution in [3.05, 3.63) is 60.1 Å². The maximum atomic E-state index is 12.4. The van der Waals surface area contributed by atoms with E-state index in [0.29, 0.717) is 13.1 Å². The van der Waals surface area contributed by atoms with Crippen LogP contribution in [0.2, 0.25) is 0 Å². The quantitative estimate of drug-likeness (QED) is 0.802. The van der Waals surface area contributed by atoms with Crippen molar-refractivity contribution in [2.75, 3.05) is 6.54 Å². The zero-order valence-corrected chi connectivity index (χ0v) is 14.5. The summed E-state index contributed by atoms with van der Waals surface area (Å²) in [6, 6.07) is 13.5. The molecule has 2 aromatic rings. The molecule has 1 N–H and O–H groups in total. The summed E-state index contributed by atoms with van der Waals surface area (Å²) in [4.78, 5) is 26.4. The fraction of sp³-hybridized carbons (Fsp3) is 0.400. The largest absolute Gasteiger partial charge is 0.467 e. The van der Waals surface area contributed by atoms with Crippen LogP contribution in [0.15, 0.2) is 53.1 Å². The second kappa shape index (κ2) is 8.01. The number of furan rings is 1. The molecule has 2 amide bonds. The lowest BCUT2D eigenvalue weighted by atomic mass is 10.1. The van der Waals surface area contributed by atoms with Crippen molar-refractivity contribution in [1.82, 2.24) is 10.2 Å². The molecular formula is C20H24N2O3. The lowest BCUT2D eigenvalue weighted by Gasteiger charge is -2.22. The van der Waals surface area contributed by atoms with Crippen LogP contribution in [-0.2, 0) is 16.1 Å². The van der Waals surface area contributed by atoms with Crippen molar-refractivity contribution in [1.29, 1.82) is 0 Å². The molecule has 0 saturated heterocycles. The highest BCUT2D eigenvalue weighted by molar-refractivity contribution is 5.82. The molecule has 1 atom stereocenters. The van der Waals surface area contributed by atoms with Gasteiger partial charge in [-0.25, -0.2) is 0 Å². The van der Waals surface area contributed by atoms with E-state index in [2.05, 4.69) is 5.32 Å². The second-order valence-corrected chi connectivity index (χ2v) is 6.56. The first-order chi connectivity index (χ1) is 12.1. The Balaban J connectivity index is 1.53. The molecule has 1 aliphatic rings. The SMILES string of the molecule is CC(NC(=O)CCN(Cc1ccco1)C(=O)C1CC1)c1ccccc1. The number of amides is 2. The zero-order chi connectivity index (χ0) is 17.6. The van der Waals surface area contributed by atoms with Gasteiger partial charge in [-0.3, -0.25) is 9.59 Å². The van der Waals surface area contributed by atoms with Crippen molar-refractivity contribution in [2.24, 2.45) is 5.92 Å². The summed E-state index contributed by atoms with van der Waals surface area (Å²) in [6.45, 7) is 2.79. The van der Waals surface area contributed by atoms with E-state index in [-0.39, 0.29) is 30.2 Å². The standard InChI is InChI=1S/C20H24N2O3/c1-15(16-6-3-2-4-7-16)21-19(23)11-12-22(20(24)17-9-10-17)14-18-8-5-13-25-18/h2-8,13,15,17H,9-12,14H2,1H3,(H,21,23). The van der Waals surface area contributed by atoms with Crippen molar-refractivity contribution in [3.63, 3.8) is 0 Å². The minimum atomic E-state index is -0.0515. The Morgan fingerprint density at radius 2 is 1.96 bits per heavy atom. The molecule has 1 aromatic heterocycles. The highest BCUT2D eigenvalue weighted by atomic mass is 16.3. The first kappa shape index (κ1) is 17.3. The fourth-order valence-electron chi connectivity index (χ4n) is 2.82. The van der Waals surface area contributed by atoms with E-state index in [1.54, 1.807) is 11.2 Å². The van der Waals surface area contributed by atoms with Gasteiger partial charge in [-0.2, -0.15) is 0 Å². The third-order valence-electron chi connectivity index (χ3n) is 4.45. The van der Waals surface area contributed by atoms with Crippen LogP contribution >= 0.6 is 0 Å². The fourth-order valence-corrected chi connectivity index (χ4v) is 2.82. The average molecular weight is 340 g/mol. The normalized spacial score (nSPS) is 14.8. The summed E-state index contributed by atoms with van der Waals surface area (Å²) < 4.78 is 5.35. The van der Waals surface area contributed by atoms with E-state index in [1.807, 2.05) is 49.4 Å². The number of hydrogen-bond acceptors (Lipinski definition) is 3. The number of carbonyl (C=O) groups is 2. The summed E-state index contributed by atoms with van der Waals surface area (Å²) in [6.07, 6.45) is 3.79. The Labute approximate surface area is 148 Å². The lowest BCUT2D eigenvalue weighted by Crippen LogP contribution is -2.36. The van der Waals surface area contributed by atoms with E-state index in [9.17, 15) is 9.59 Å². The summed E-state index contributed by atoms with van der Waals surface area (Å²) in [5.41, 5.74) is 1.07. The predicted octanol–water partition coefficient (Wildman–Crippen LogP) is 3.29. The molecule has 1 fully saturated rings. The monoisotopic (exact) mass is 340 g/mol. The average Bonchev–Trinajstić information content (AvgIpc) is 3.35. The Hall–Kier alpha value is -2.56. The molecule has 0 radical (unpaired) electrons. The molecule has 3 rings (SSSR count). The van der Waals surface area contributed by atoms with E-state index in [0.717, 1.165) is 24.2 Å². The molecular weight excluding hydrogens is 316 g/mol. The van der Waals surface area contributed by atoms with Crippen LogP contribution in [0.1, 0.15) is 43.6 Å². The van der Waals surface area contributed by atoms with Gasteiger partial charge in [0.15, 0.2) is 0 Å². The minimum Gasteiger partial charge on any atom is -0.467 e. The topological polar surface area (TPSA) is 62.6 Å². The summed E-state index contributed by atoms with van der Waals surface area (Å²) >= 11 is 0. The Bertz CT molecular complexity index is 693. The van der Waals surface area contributed by atoms with Crippen LogP contribution in [0, 0.1) is 5.92 Å². The Morgan fingerprint density at radius 3 is 2.60 bits per heavy atom. The van der Waals surface area contributed by atoms with Gasteiger partial charge in [0.05, 0.1) is 18.8 Å². The van der Waals surface area contributed by atoms with E-state index in [1.165, 1.54) is 0 Å². The van der Waals surface area contributed by atoms with Crippen LogP contribution in [0.25, 0.3) is 0 Å². The van der Waals surface area contributed by atoms with Crippen LogP contribution in [-0.4, -0.2) is 23.3 Å². The summed E-state index contributed by atoms with van der Waals surface area (Å²) in [7, 11) is 0. The molecule has 1 aromatic carbocycles. The molecule has 5 heteroatoms. The maximum absolute atomic E-state index is 12.4. The van der Waals surface area contributed by atoms with Gasteiger partial charge in [0.2, 0.25) is 11.8 Å². The molecule has 25 heavy (non-hydrogen) atoms. The molecule has 0 bridgehead atoms. The molecule has 0 aliphatic heterocycles. The molecule has 1 unspecified atom stereocenters. The van der Waals surface area contributed by atoms with E-state index in [4.69, 9.17) is 4.42 Å². The van der Waals surface area contributed by atoms with Gasteiger partial charge >= 0.3 is 0 Å². The van der Waals surface area contributed by atoms with Crippen LogP contribution in [0.3, 0.4) is 0 Å². The lowest BCUT2D eigenvalue weighted by molar-refractivity contribution is -0.134. The molecule has 1 aliphatic carbocycles. The van der Waals surface area contributed by atoms with Gasteiger partial charge in [-0.05, 0) is 37.5 Å². The number of carbonyl (C=O) groups excluding carboxylic acids is 2. The van der Waals surface area contributed by atoms with Gasteiger partial charge in [-0.15, -0.1) is 0 Å². The summed E-state index contributed by atoms with van der Waals surface area (Å²) in [5, 5.41) is 2.99. The highest BCUT2D eigenvalue weighted by Crippen LogP contribution is 2.31. The minimum absolute atomic E-state index is 0.0497. The Morgan fingerprint density at radius 1 is 1.20 bits per heavy atom. The highest BCUT2D eigenvalue weighted by Gasteiger charge is 2.33.